The van der Waals surface area contributed by atoms with Crippen molar-refractivity contribution in [2.24, 2.45) is 0 Å². The van der Waals surface area contributed by atoms with E-state index in [4.69, 9.17) is 0 Å². The lowest BCUT2D eigenvalue weighted by Gasteiger charge is -2.35. The van der Waals surface area contributed by atoms with Crippen molar-refractivity contribution in [1.82, 2.24) is 0 Å². The molecule has 49 heavy (non-hydrogen) atoms. The molecule has 0 unspecified atom stereocenters. The summed E-state index contributed by atoms with van der Waals surface area (Å²) >= 11 is 0. The van der Waals surface area contributed by atoms with Crippen molar-refractivity contribution in [3.63, 3.8) is 0 Å². The molecule has 0 aromatic heterocycles. The molecule has 2 nitrogen and oxygen atoms in total. The Morgan fingerprint density at radius 2 is 0.776 bits per heavy atom. The highest BCUT2D eigenvalue weighted by Crippen LogP contribution is 2.58. The Morgan fingerprint density at radius 1 is 0.367 bits per heavy atom. The van der Waals surface area contributed by atoms with E-state index in [0.29, 0.717) is 0 Å². The minimum absolute atomic E-state index is 0.259. The molecule has 8 aromatic carbocycles. The normalized spacial score (nSPS) is 13.0. The van der Waals surface area contributed by atoms with Crippen molar-refractivity contribution < 1.29 is 10.2 Å². The van der Waals surface area contributed by atoms with Gasteiger partial charge in [0.2, 0.25) is 0 Å². The zero-order valence-corrected chi connectivity index (χ0v) is 27.4. The van der Waals surface area contributed by atoms with Gasteiger partial charge in [0.05, 0.1) is 5.41 Å². The summed E-state index contributed by atoms with van der Waals surface area (Å²) < 4.78 is 0. The van der Waals surface area contributed by atoms with Crippen LogP contribution in [0.3, 0.4) is 0 Å². The largest absolute Gasteiger partial charge is 0.508 e. The average molecular weight is 631 g/mol. The molecule has 0 saturated carbocycles. The number of fused-ring (bicyclic) bond motifs is 5. The lowest BCUT2D eigenvalue weighted by Crippen LogP contribution is -2.28. The highest BCUT2D eigenvalue weighted by Gasteiger charge is 2.46. The van der Waals surface area contributed by atoms with Crippen molar-refractivity contribution in [1.29, 1.82) is 0 Å². The summed E-state index contributed by atoms with van der Waals surface area (Å²) in [4.78, 5) is 0. The van der Waals surface area contributed by atoms with Crippen LogP contribution in [-0.2, 0) is 5.41 Å². The fraction of sp³-hybridized carbons (Fsp3) is 0.0638. The van der Waals surface area contributed by atoms with E-state index < -0.39 is 5.41 Å². The number of benzene rings is 8. The molecule has 2 heteroatoms. The monoisotopic (exact) mass is 630 g/mol. The molecule has 0 bridgehead atoms. The first-order valence-electron chi connectivity index (χ1n) is 16.8. The van der Waals surface area contributed by atoms with Crippen LogP contribution in [0.4, 0.5) is 0 Å². The quantitative estimate of drug-likeness (QED) is 0.203. The highest BCUT2D eigenvalue weighted by molar-refractivity contribution is 5.94. The lowest BCUT2D eigenvalue weighted by molar-refractivity contribution is 0.475. The zero-order valence-electron chi connectivity index (χ0n) is 27.4. The summed E-state index contributed by atoms with van der Waals surface area (Å²) in [6.45, 7) is 4.35. The van der Waals surface area contributed by atoms with Gasteiger partial charge in [-0.15, -0.1) is 0 Å². The Hall–Kier alpha value is -6.12. The van der Waals surface area contributed by atoms with Crippen LogP contribution in [0.2, 0.25) is 0 Å². The minimum atomic E-state index is -0.666. The fourth-order valence-corrected chi connectivity index (χ4v) is 8.17. The molecular weight excluding hydrogens is 597 g/mol. The van der Waals surface area contributed by atoms with E-state index in [1.165, 1.54) is 55.6 Å². The molecule has 8 aromatic rings. The molecule has 0 spiro atoms. The SMILES string of the molecule is Cc1ccccc1-c1ccc2c(c1)C(c1ccc3cc(O)ccc3c1)(c1ccc3cc(O)ccc3c1)c1cc(-c3ccccc3C)ccc1-2. The van der Waals surface area contributed by atoms with Gasteiger partial charge in [-0.3, -0.25) is 0 Å². The third-order valence-electron chi connectivity index (χ3n) is 10.6. The predicted molar refractivity (Wildman–Crippen MR) is 202 cm³/mol. The zero-order chi connectivity index (χ0) is 33.3. The number of hydrogen-bond donors (Lipinski definition) is 2. The van der Waals surface area contributed by atoms with Crippen LogP contribution in [0.25, 0.3) is 54.9 Å². The molecule has 9 rings (SSSR count). The maximum Gasteiger partial charge on any atom is 0.116 e. The van der Waals surface area contributed by atoms with Crippen LogP contribution in [-0.4, -0.2) is 10.2 Å². The van der Waals surface area contributed by atoms with E-state index in [2.05, 4.69) is 135 Å². The third kappa shape index (κ3) is 4.48. The van der Waals surface area contributed by atoms with Crippen LogP contribution >= 0.6 is 0 Å². The first-order chi connectivity index (χ1) is 23.9. The Morgan fingerprint density at radius 3 is 1.22 bits per heavy atom. The minimum Gasteiger partial charge on any atom is -0.508 e. The van der Waals surface area contributed by atoms with E-state index in [0.717, 1.165) is 32.7 Å². The van der Waals surface area contributed by atoms with E-state index in [9.17, 15) is 10.2 Å². The van der Waals surface area contributed by atoms with E-state index >= 15 is 0 Å². The summed E-state index contributed by atoms with van der Waals surface area (Å²) in [5.41, 5.74) is 13.9. The Kier molecular flexibility index (Phi) is 6.50. The van der Waals surface area contributed by atoms with Crippen molar-refractivity contribution in [3.05, 3.63) is 191 Å². The van der Waals surface area contributed by atoms with Crippen LogP contribution in [0.5, 0.6) is 11.5 Å². The van der Waals surface area contributed by atoms with Crippen molar-refractivity contribution in [2.75, 3.05) is 0 Å². The molecule has 0 amide bonds. The third-order valence-corrected chi connectivity index (χ3v) is 10.6. The van der Waals surface area contributed by atoms with Crippen molar-refractivity contribution >= 4 is 21.5 Å². The van der Waals surface area contributed by atoms with Gasteiger partial charge in [-0.1, -0.05) is 109 Å². The molecule has 0 aliphatic heterocycles. The first-order valence-corrected chi connectivity index (χ1v) is 16.8. The number of rotatable bonds is 4. The van der Waals surface area contributed by atoms with E-state index in [1.807, 2.05) is 24.3 Å². The highest BCUT2D eigenvalue weighted by atomic mass is 16.3. The maximum absolute atomic E-state index is 10.3. The fourth-order valence-electron chi connectivity index (χ4n) is 8.17. The number of phenols is 2. The van der Waals surface area contributed by atoms with Gasteiger partial charge in [0.15, 0.2) is 0 Å². The standard InChI is InChI=1S/C47H34O2/c1-29-7-3-5-9-41(29)35-15-21-43-44-22-16-36(42-10-6-4-8-30(42)2)28-46(44)47(45(43)27-35,37-17-11-33-25-39(48)19-13-31(33)23-37)38-18-12-34-26-40(49)20-14-32(34)24-38/h3-28,48-49H,1-2H3. The molecule has 2 N–H and O–H groups in total. The van der Waals surface area contributed by atoms with Gasteiger partial charge in [0.25, 0.3) is 0 Å². The lowest BCUT2D eigenvalue weighted by atomic mass is 9.66. The molecular formula is C47H34O2. The number of hydrogen-bond acceptors (Lipinski definition) is 2. The molecule has 0 radical (unpaired) electrons. The molecule has 0 atom stereocenters. The van der Waals surface area contributed by atoms with Gasteiger partial charge in [-0.25, -0.2) is 0 Å². The summed E-state index contributed by atoms with van der Waals surface area (Å²) in [5.74, 6) is 0.519. The smallest absolute Gasteiger partial charge is 0.116 e. The van der Waals surface area contributed by atoms with Crippen LogP contribution in [0, 0.1) is 13.8 Å². The van der Waals surface area contributed by atoms with Crippen molar-refractivity contribution in [2.45, 2.75) is 19.3 Å². The van der Waals surface area contributed by atoms with Crippen LogP contribution in [0.1, 0.15) is 33.4 Å². The van der Waals surface area contributed by atoms with Gasteiger partial charge in [-0.2, -0.15) is 0 Å². The molecule has 0 saturated heterocycles. The number of aromatic hydroxyl groups is 2. The first kappa shape index (κ1) is 29.1. The van der Waals surface area contributed by atoms with E-state index in [1.54, 1.807) is 12.1 Å². The van der Waals surface area contributed by atoms with E-state index in [-0.39, 0.29) is 11.5 Å². The molecule has 1 aliphatic carbocycles. The Bertz CT molecular complexity index is 2430. The summed E-state index contributed by atoms with van der Waals surface area (Å²) in [7, 11) is 0. The van der Waals surface area contributed by atoms with Gasteiger partial charge in [0, 0.05) is 0 Å². The van der Waals surface area contributed by atoms with Crippen molar-refractivity contribution in [3.8, 4) is 44.9 Å². The molecule has 0 heterocycles. The molecule has 234 valence electrons. The second kappa shape index (κ2) is 11.0. The average Bonchev–Trinajstić information content (AvgIpc) is 3.41. The molecule has 0 fully saturated rings. The second-order valence-electron chi connectivity index (χ2n) is 13.4. The van der Waals surface area contributed by atoms with Gasteiger partial charge in [-0.05, 0) is 151 Å². The predicted octanol–water partition coefficient (Wildman–Crippen LogP) is 11.7. The Balaban J connectivity index is 1.43. The van der Waals surface area contributed by atoms with Gasteiger partial charge in [0.1, 0.15) is 11.5 Å². The summed E-state index contributed by atoms with van der Waals surface area (Å²) in [6.07, 6.45) is 0. The topological polar surface area (TPSA) is 40.5 Å². The maximum atomic E-state index is 10.3. The van der Waals surface area contributed by atoms with Gasteiger partial charge < -0.3 is 10.2 Å². The number of phenolic OH excluding ortho intramolecular Hbond substituents is 2. The summed E-state index contributed by atoms with van der Waals surface area (Å²) in [5, 5.41) is 24.8. The van der Waals surface area contributed by atoms with Crippen LogP contribution in [0.15, 0.2) is 158 Å². The number of aryl methyl sites for hydroxylation is 2. The van der Waals surface area contributed by atoms with Crippen LogP contribution < -0.4 is 0 Å². The van der Waals surface area contributed by atoms with Gasteiger partial charge >= 0.3 is 0 Å². The second-order valence-corrected chi connectivity index (χ2v) is 13.4. The Labute approximate surface area is 286 Å². The summed E-state index contributed by atoms with van der Waals surface area (Å²) in [6, 6.07) is 55.7. The molecule has 1 aliphatic rings.